The van der Waals surface area contributed by atoms with Crippen LogP contribution in [0.4, 0.5) is 0 Å². The lowest BCUT2D eigenvalue weighted by Gasteiger charge is -1.90. The lowest BCUT2D eigenvalue weighted by molar-refractivity contribution is 0.767. The van der Waals surface area contributed by atoms with E-state index in [0.29, 0.717) is 16.1 Å². The number of hydrogen-bond acceptors (Lipinski definition) is 4. The Morgan fingerprint density at radius 1 is 1.33 bits per heavy atom. The summed E-state index contributed by atoms with van der Waals surface area (Å²) >= 11 is 3.29. The zero-order valence-corrected chi connectivity index (χ0v) is 8.20. The van der Waals surface area contributed by atoms with Gasteiger partial charge in [-0.3, -0.25) is 0 Å². The third-order valence-corrected chi connectivity index (χ3v) is 2.05. The van der Waals surface area contributed by atoms with Gasteiger partial charge < -0.3 is 0 Å². The van der Waals surface area contributed by atoms with Gasteiger partial charge in [-0.25, -0.2) is 9.67 Å². The third kappa shape index (κ3) is 0.989. The van der Waals surface area contributed by atoms with Crippen LogP contribution in [-0.2, 0) is 7.05 Å². The maximum atomic E-state index is 4.19. The molecule has 0 unspecified atom stereocenters. The lowest BCUT2D eigenvalue weighted by Crippen LogP contribution is -1.96. The van der Waals surface area contributed by atoms with Gasteiger partial charge in [0.15, 0.2) is 10.3 Å². The highest BCUT2D eigenvalue weighted by Crippen LogP contribution is 2.17. The quantitative estimate of drug-likeness (QED) is 0.670. The maximum absolute atomic E-state index is 4.19. The van der Waals surface area contributed by atoms with Gasteiger partial charge in [0.25, 0.3) is 0 Å². The van der Waals surface area contributed by atoms with E-state index in [9.17, 15) is 0 Å². The highest BCUT2D eigenvalue weighted by Gasteiger charge is 2.08. The molecule has 2 rings (SSSR count). The topological polar surface area (TPSA) is 56.5 Å². The van der Waals surface area contributed by atoms with Crippen molar-refractivity contribution in [2.45, 2.75) is 6.92 Å². The number of halogens is 1. The van der Waals surface area contributed by atoms with Crippen LogP contribution in [0.5, 0.6) is 0 Å². The molecule has 62 valence electrons. The predicted octanol–water partition coefficient (Wildman–Crippen LogP) is 0.829. The second-order valence-corrected chi connectivity index (χ2v) is 3.20. The fourth-order valence-electron chi connectivity index (χ4n) is 0.984. The molecule has 2 aromatic heterocycles. The Morgan fingerprint density at radius 2 is 2.08 bits per heavy atom. The molecule has 0 amide bonds. The Morgan fingerprint density at radius 3 is 2.83 bits per heavy atom. The van der Waals surface area contributed by atoms with E-state index >= 15 is 0 Å². The van der Waals surface area contributed by atoms with Gasteiger partial charge in [-0.05, 0) is 22.9 Å². The van der Waals surface area contributed by atoms with Gasteiger partial charge in [0.05, 0.1) is 0 Å². The van der Waals surface area contributed by atoms with E-state index in [1.165, 1.54) is 0 Å². The van der Waals surface area contributed by atoms with Crippen LogP contribution in [0.2, 0.25) is 0 Å². The molecule has 0 radical (unpaired) electrons. The number of rotatable bonds is 0. The highest BCUT2D eigenvalue weighted by molar-refractivity contribution is 9.10. The number of fused-ring (bicyclic) bond motifs is 1. The molecule has 0 saturated carbocycles. The average Bonchev–Trinajstić information content (AvgIpc) is 2.28. The van der Waals surface area contributed by atoms with Crippen molar-refractivity contribution >= 4 is 27.1 Å². The van der Waals surface area contributed by atoms with Crippen molar-refractivity contribution in [1.82, 2.24) is 25.0 Å². The van der Waals surface area contributed by atoms with Crippen molar-refractivity contribution in [3.63, 3.8) is 0 Å². The monoisotopic (exact) mass is 227 g/mol. The summed E-state index contributed by atoms with van der Waals surface area (Å²) in [5, 5.41) is 11.9. The molecule has 0 aliphatic heterocycles. The molecule has 0 N–H and O–H groups in total. The van der Waals surface area contributed by atoms with Crippen LogP contribution in [0.15, 0.2) is 4.60 Å². The first-order valence-electron chi connectivity index (χ1n) is 3.38. The molecule has 12 heavy (non-hydrogen) atoms. The van der Waals surface area contributed by atoms with Crippen LogP contribution in [0, 0.1) is 6.92 Å². The smallest absolute Gasteiger partial charge is 0.200 e. The van der Waals surface area contributed by atoms with Crippen LogP contribution in [0.25, 0.3) is 11.2 Å². The maximum Gasteiger partial charge on any atom is 0.200 e. The van der Waals surface area contributed by atoms with Crippen LogP contribution in [-0.4, -0.2) is 25.0 Å². The van der Waals surface area contributed by atoms with Crippen molar-refractivity contribution < 1.29 is 0 Å². The Kier molecular flexibility index (Phi) is 1.57. The largest absolute Gasteiger partial charge is 0.246 e. The number of aryl methyl sites for hydroxylation is 2. The first-order valence-corrected chi connectivity index (χ1v) is 4.17. The molecule has 0 bridgehead atoms. The van der Waals surface area contributed by atoms with Crippen molar-refractivity contribution in [2.75, 3.05) is 0 Å². The summed E-state index contributed by atoms with van der Waals surface area (Å²) in [7, 11) is 1.80. The van der Waals surface area contributed by atoms with E-state index < -0.39 is 0 Å². The molecule has 0 aromatic carbocycles. The molecular weight excluding hydrogens is 222 g/mol. The van der Waals surface area contributed by atoms with Crippen LogP contribution in [0.1, 0.15) is 5.82 Å². The number of aromatic nitrogens is 5. The first kappa shape index (κ1) is 7.60. The normalized spacial score (nSPS) is 10.9. The second kappa shape index (κ2) is 2.48. The van der Waals surface area contributed by atoms with E-state index in [1.54, 1.807) is 18.7 Å². The Hall–Kier alpha value is -1.04. The zero-order chi connectivity index (χ0) is 8.72. The van der Waals surface area contributed by atoms with Crippen molar-refractivity contribution in [1.29, 1.82) is 0 Å². The summed E-state index contributed by atoms with van der Waals surface area (Å²) in [5.41, 5.74) is 1.44. The lowest BCUT2D eigenvalue weighted by atomic mass is 10.5. The van der Waals surface area contributed by atoms with E-state index in [1.807, 2.05) is 0 Å². The summed E-state index contributed by atoms with van der Waals surface area (Å²) < 4.78 is 2.34. The molecule has 0 aliphatic rings. The molecule has 5 nitrogen and oxygen atoms in total. The summed E-state index contributed by atoms with van der Waals surface area (Å²) in [6, 6.07) is 0. The fourth-order valence-corrected chi connectivity index (χ4v) is 1.49. The molecule has 2 heterocycles. The zero-order valence-electron chi connectivity index (χ0n) is 6.61. The molecular formula is C6H6BrN5. The van der Waals surface area contributed by atoms with Gasteiger partial charge in [0.1, 0.15) is 11.3 Å². The third-order valence-electron chi connectivity index (χ3n) is 1.51. The molecule has 6 heteroatoms. The molecule has 0 saturated heterocycles. The van der Waals surface area contributed by atoms with Crippen molar-refractivity contribution in [2.24, 2.45) is 7.05 Å². The van der Waals surface area contributed by atoms with Gasteiger partial charge >= 0.3 is 0 Å². The molecule has 0 spiro atoms. The van der Waals surface area contributed by atoms with Crippen LogP contribution >= 0.6 is 15.9 Å². The van der Waals surface area contributed by atoms with E-state index in [4.69, 9.17) is 0 Å². The summed E-state index contributed by atoms with van der Waals surface area (Å²) in [6.45, 7) is 1.80. The van der Waals surface area contributed by atoms with E-state index in [0.717, 1.165) is 5.52 Å². The molecule has 0 fully saturated rings. The van der Waals surface area contributed by atoms with Crippen LogP contribution < -0.4 is 0 Å². The second-order valence-electron chi connectivity index (χ2n) is 2.45. The van der Waals surface area contributed by atoms with Crippen molar-refractivity contribution in [3.8, 4) is 0 Å². The Labute approximate surface area is 76.9 Å². The molecule has 0 atom stereocenters. The fraction of sp³-hybridized carbons (Fsp3) is 0.333. The minimum Gasteiger partial charge on any atom is -0.246 e. The van der Waals surface area contributed by atoms with Gasteiger partial charge in [-0.15, -0.1) is 10.2 Å². The Balaban J connectivity index is 2.90. The van der Waals surface area contributed by atoms with Gasteiger partial charge in [-0.2, -0.15) is 5.10 Å². The average molecular weight is 228 g/mol. The standard InChI is InChI=1S/C6H6BrN5/c1-3-8-4-5(7)11-12(2)6(4)10-9-3/h1-2H3. The Bertz CT molecular complexity index is 435. The van der Waals surface area contributed by atoms with Gasteiger partial charge in [0.2, 0.25) is 0 Å². The molecule has 0 aliphatic carbocycles. The highest BCUT2D eigenvalue weighted by atomic mass is 79.9. The molecule has 2 aromatic rings. The summed E-state index contributed by atoms with van der Waals surface area (Å²) in [4.78, 5) is 4.19. The minimum absolute atomic E-state index is 0.649. The summed E-state index contributed by atoms with van der Waals surface area (Å²) in [6.07, 6.45) is 0. The number of nitrogens with zero attached hydrogens (tertiary/aromatic N) is 5. The van der Waals surface area contributed by atoms with Crippen LogP contribution in [0.3, 0.4) is 0 Å². The van der Waals surface area contributed by atoms with Crippen molar-refractivity contribution in [3.05, 3.63) is 10.4 Å². The summed E-state index contributed by atoms with van der Waals surface area (Å²) in [5.74, 6) is 0.649. The first-order chi connectivity index (χ1) is 5.68. The SMILES string of the molecule is Cc1nnc2c(n1)c(Br)nn2C. The van der Waals surface area contributed by atoms with Gasteiger partial charge in [-0.1, -0.05) is 0 Å². The minimum atomic E-state index is 0.649. The van der Waals surface area contributed by atoms with Gasteiger partial charge in [0, 0.05) is 7.05 Å². The predicted molar refractivity (Wildman–Crippen MR) is 46.5 cm³/mol. The van der Waals surface area contributed by atoms with E-state index in [2.05, 4.69) is 36.2 Å². The van der Waals surface area contributed by atoms with E-state index in [-0.39, 0.29) is 0 Å². The number of hydrogen-bond donors (Lipinski definition) is 0.